The zero-order valence-corrected chi connectivity index (χ0v) is 12.4. The zero-order chi connectivity index (χ0) is 14.5. The molecule has 2 N–H and O–H groups in total. The molecule has 1 heterocycles. The molecule has 0 fully saturated rings. The number of rotatable bonds is 8. The molecule has 0 amide bonds. The molecule has 6 nitrogen and oxygen atoms in total. The fourth-order valence-electron chi connectivity index (χ4n) is 1.82. The van der Waals surface area contributed by atoms with Gasteiger partial charge >= 0.3 is 0 Å². The van der Waals surface area contributed by atoms with E-state index in [0.717, 1.165) is 0 Å². The number of hydrogen-bond acceptors (Lipinski definition) is 4. The van der Waals surface area contributed by atoms with Crippen molar-refractivity contribution in [1.82, 2.24) is 9.29 Å². The van der Waals surface area contributed by atoms with Crippen LogP contribution in [0.5, 0.6) is 0 Å². The van der Waals surface area contributed by atoms with E-state index in [1.807, 2.05) is 13.8 Å². The second-order valence-corrected chi connectivity index (χ2v) is 6.01. The van der Waals surface area contributed by atoms with Crippen molar-refractivity contribution in [1.29, 1.82) is 0 Å². The lowest BCUT2D eigenvalue weighted by molar-refractivity contribution is 0.173. The van der Waals surface area contributed by atoms with Gasteiger partial charge in [-0.05, 0) is 19.4 Å². The van der Waals surface area contributed by atoms with Crippen LogP contribution in [-0.4, -0.2) is 37.8 Å². The van der Waals surface area contributed by atoms with Crippen molar-refractivity contribution in [2.24, 2.45) is 0 Å². The van der Waals surface area contributed by atoms with Crippen LogP contribution in [0.2, 0.25) is 0 Å². The Bertz CT molecular complexity index is 474. The van der Waals surface area contributed by atoms with Gasteiger partial charge in [-0.3, -0.25) is 0 Å². The second-order valence-electron chi connectivity index (χ2n) is 4.29. The second kappa shape index (κ2) is 7.04. The molecule has 1 atom stereocenters. The van der Waals surface area contributed by atoms with Crippen LogP contribution in [0, 0.1) is 0 Å². The summed E-state index contributed by atoms with van der Waals surface area (Å²) >= 11 is 0. The Kier molecular flexibility index (Phi) is 5.99. The maximum absolute atomic E-state index is 12.2. The summed E-state index contributed by atoms with van der Waals surface area (Å²) in [6.07, 6.45) is 2.18. The van der Waals surface area contributed by atoms with E-state index in [0.29, 0.717) is 25.3 Å². The van der Waals surface area contributed by atoms with Crippen molar-refractivity contribution in [3.05, 3.63) is 18.0 Å². The molecule has 0 saturated heterocycles. The van der Waals surface area contributed by atoms with Crippen molar-refractivity contribution in [2.45, 2.75) is 44.4 Å². The van der Waals surface area contributed by atoms with E-state index in [1.165, 1.54) is 19.4 Å². The molecule has 1 rings (SSSR count). The highest BCUT2D eigenvalue weighted by molar-refractivity contribution is 7.89. The average Bonchev–Trinajstić information content (AvgIpc) is 2.82. The van der Waals surface area contributed by atoms with Gasteiger partial charge in [-0.2, -0.15) is 0 Å². The number of methoxy groups -OCH3 is 1. The first-order chi connectivity index (χ1) is 8.98. The van der Waals surface area contributed by atoms with Gasteiger partial charge in [0.2, 0.25) is 10.0 Å². The minimum absolute atomic E-state index is 0.174. The third-order valence-electron chi connectivity index (χ3n) is 2.96. The van der Waals surface area contributed by atoms with Gasteiger partial charge in [-0.15, -0.1) is 0 Å². The molecule has 0 aliphatic carbocycles. The smallest absolute Gasteiger partial charge is 0.242 e. The van der Waals surface area contributed by atoms with E-state index in [2.05, 4.69) is 4.72 Å². The summed E-state index contributed by atoms with van der Waals surface area (Å²) in [6.45, 7) is 4.54. The first kappa shape index (κ1) is 16.2. The van der Waals surface area contributed by atoms with Crippen molar-refractivity contribution in [3.63, 3.8) is 0 Å². The molecular formula is C12H22N2O4S. The molecular weight excluding hydrogens is 268 g/mol. The van der Waals surface area contributed by atoms with Crippen LogP contribution in [-0.2, 0) is 27.9 Å². The summed E-state index contributed by atoms with van der Waals surface area (Å²) in [4.78, 5) is 0.174. The summed E-state index contributed by atoms with van der Waals surface area (Å²) in [7, 11) is -2.04. The van der Waals surface area contributed by atoms with Crippen LogP contribution < -0.4 is 4.72 Å². The summed E-state index contributed by atoms with van der Waals surface area (Å²) in [5.41, 5.74) is 0.586. The van der Waals surface area contributed by atoms with Gasteiger partial charge in [0, 0.05) is 31.6 Å². The van der Waals surface area contributed by atoms with Gasteiger partial charge in [0.05, 0.1) is 18.1 Å². The average molecular weight is 290 g/mol. The predicted molar refractivity (Wildman–Crippen MR) is 72.3 cm³/mol. The Morgan fingerprint density at radius 2 is 2.16 bits per heavy atom. The normalized spacial score (nSPS) is 13.7. The molecule has 0 bridgehead atoms. The minimum atomic E-state index is -3.58. The van der Waals surface area contributed by atoms with E-state index in [9.17, 15) is 13.5 Å². The topological polar surface area (TPSA) is 80.6 Å². The number of sulfonamides is 1. The number of hydrogen-bond donors (Lipinski definition) is 2. The minimum Gasteiger partial charge on any atom is -0.390 e. The number of aliphatic hydroxyl groups excluding tert-OH is 1. The SMILES string of the molecule is CCC(COC)NS(=O)(=O)c1cc(CO)n(CC)c1. The highest BCUT2D eigenvalue weighted by Gasteiger charge is 2.21. The van der Waals surface area contributed by atoms with Gasteiger partial charge in [0.15, 0.2) is 0 Å². The highest BCUT2D eigenvalue weighted by Crippen LogP contribution is 2.15. The monoisotopic (exact) mass is 290 g/mol. The summed E-state index contributed by atoms with van der Waals surface area (Å²) in [5, 5.41) is 9.18. The lowest BCUT2D eigenvalue weighted by atomic mass is 10.3. The fraction of sp³-hybridized carbons (Fsp3) is 0.667. The Balaban J connectivity index is 2.96. The molecule has 1 aromatic heterocycles. The molecule has 0 aliphatic rings. The molecule has 19 heavy (non-hydrogen) atoms. The van der Waals surface area contributed by atoms with Crippen LogP contribution in [0.3, 0.4) is 0 Å². The van der Waals surface area contributed by atoms with Gasteiger partial charge in [-0.25, -0.2) is 13.1 Å². The summed E-state index contributed by atoms with van der Waals surface area (Å²) in [5.74, 6) is 0. The van der Waals surface area contributed by atoms with E-state index >= 15 is 0 Å². The molecule has 0 aromatic carbocycles. The molecule has 0 spiro atoms. The standard InChI is InChI=1S/C12H22N2O4S/c1-4-10(9-18-3)13-19(16,17)12-6-11(8-15)14(5-2)7-12/h6-7,10,13,15H,4-5,8-9H2,1-3H3. The van der Waals surface area contributed by atoms with Crippen molar-refractivity contribution < 1.29 is 18.3 Å². The van der Waals surface area contributed by atoms with Crippen molar-refractivity contribution >= 4 is 10.0 Å². The maximum atomic E-state index is 12.2. The molecule has 1 unspecified atom stereocenters. The maximum Gasteiger partial charge on any atom is 0.242 e. The molecule has 0 aliphatic heterocycles. The largest absolute Gasteiger partial charge is 0.390 e. The first-order valence-corrected chi connectivity index (χ1v) is 7.77. The number of aliphatic hydroxyl groups is 1. The Morgan fingerprint density at radius 1 is 1.47 bits per heavy atom. The number of nitrogens with zero attached hydrogens (tertiary/aromatic N) is 1. The quantitative estimate of drug-likeness (QED) is 0.738. The van der Waals surface area contributed by atoms with Gasteiger partial charge in [0.1, 0.15) is 0 Å². The molecule has 0 saturated carbocycles. The summed E-state index contributed by atoms with van der Waals surface area (Å²) in [6, 6.07) is 1.24. The van der Waals surface area contributed by atoms with Gasteiger partial charge < -0.3 is 14.4 Å². The number of nitrogens with one attached hydrogen (secondary N) is 1. The van der Waals surface area contributed by atoms with Crippen LogP contribution >= 0.6 is 0 Å². The molecule has 7 heteroatoms. The molecule has 110 valence electrons. The highest BCUT2D eigenvalue weighted by atomic mass is 32.2. The third kappa shape index (κ3) is 4.04. The zero-order valence-electron chi connectivity index (χ0n) is 11.6. The van der Waals surface area contributed by atoms with Crippen LogP contribution in [0.25, 0.3) is 0 Å². The van der Waals surface area contributed by atoms with Crippen LogP contribution in [0.15, 0.2) is 17.2 Å². The number of aryl methyl sites for hydroxylation is 1. The number of aromatic nitrogens is 1. The van der Waals surface area contributed by atoms with Crippen molar-refractivity contribution in [2.75, 3.05) is 13.7 Å². The Labute approximate surface area is 114 Å². The number of ether oxygens (including phenoxy) is 1. The summed E-state index contributed by atoms with van der Waals surface area (Å²) < 4.78 is 33.7. The lowest BCUT2D eigenvalue weighted by Gasteiger charge is -2.15. The third-order valence-corrected chi connectivity index (χ3v) is 4.44. The Morgan fingerprint density at radius 3 is 2.58 bits per heavy atom. The lowest BCUT2D eigenvalue weighted by Crippen LogP contribution is -2.37. The van der Waals surface area contributed by atoms with E-state index in [1.54, 1.807) is 4.57 Å². The predicted octanol–water partition coefficient (Wildman–Crippen LogP) is 0.704. The van der Waals surface area contributed by atoms with Crippen LogP contribution in [0.4, 0.5) is 0 Å². The van der Waals surface area contributed by atoms with Gasteiger partial charge in [0.25, 0.3) is 0 Å². The van der Waals surface area contributed by atoms with E-state index < -0.39 is 10.0 Å². The van der Waals surface area contributed by atoms with Crippen molar-refractivity contribution in [3.8, 4) is 0 Å². The van der Waals surface area contributed by atoms with E-state index in [4.69, 9.17) is 4.74 Å². The van der Waals surface area contributed by atoms with E-state index in [-0.39, 0.29) is 17.5 Å². The van der Waals surface area contributed by atoms with Crippen LogP contribution in [0.1, 0.15) is 26.0 Å². The molecule has 1 aromatic rings. The fourth-order valence-corrected chi connectivity index (χ4v) is 3.19. The van der Waals surface area contributed by atoms with Gasteiger partial charge in [-0.1, -0.05) is 6.92 Å². The first-order valence-electron chi connectivity index (χ1n) is 6.29. The Hall–Kier alpha value is -0.890. The molecule has 0 radical (unpaired) electrons.